The highest BCUT2D eigenvalue weighted by Crippen LogP contribution is 2.39. The van der Waals surface area contributed by atoms with Crippen molar-refractivity contribution in [3.8, 4) is 0 Å². The average molecular weight is 578 g/mol. The van der Waals surface area contributed by atoms with Gasteiger partial charge in [0.05, 0.1) is 0 Å². The summed E-state index contributed by atoms with van der Waals surface area (Å²) in [4.78, 5) is 22.3. The van der Waals surface area contributed by atoms with Crippen LogP contribution in [0.25, 0.3) is 11.3 Å². The van der Waals surface area contributed by atoms with Gasteiger partial charge >= 0.3 is 6.09 Å². The number of rotatable bonds is 5. The molecule has 222 valence electrons. The maximum Gasteiger partial charge on any atom is 0.410 e. The molecule has 1 saturated heterocycles. The van der Waals surface area contributed by atoms with Crippen LogP contribution in [0.4, 0.5) is 4.79 Å². The fraction of sp³-hybridized carbons (Fsp3) is 0.543. The van der Waals surface area contributed by atoms with Crippen molar-refractivity contribution in [3.63, 3.8) is 0 Å². The Morgan fingerprint density at radius 3 is 2.49 bits per heavy atom. The summed E-state index contributed by atoms with van der Waals surface area (Å²) in [6.45, 7) is 21.6. The smallest absolute Gasteiger partial charge is 0.410 e. The van der Waals surface area contributed by atoms with Crippen molar-refractivity contribution in [1.82, 2.24) is 14.8 Å². The van der Waals surface area contributed by atoms with Gasteiger partial charge in [0.15, 0.2) is 0 Å². The molecule has 5 nitrogen and oxygen atoms in total. The van der Waals surface area contributed by atoms with Crippen LogP contribution in [0.2, 0.25) is 5.02 Å². The van der Waals surface area contributed by atoms with Crippen molar-refractivity contribution < 1.29 is 9.53 Å². The van der Waals surface area contributed by atoms with Crippen molar-refractivity contribution >= 4 is 29.0 Å². The number of likely N-dealkylation sites (tertiary alicyclic amines) is 1. The number of benzene rings is 1. The SMILES string of the molecule is Cc1ccc(Cl)cc1C(C)/C=C(\c1c(C)ncc(C)c1/C1=C\[C@@H](C)CN(C(=O)OC(C)(C)C)[C@H](C)CC1)N1CCC1. The summed E-state index contributed by atoms with van der Waals surface area (Å²) in [6.07, 6.45) is 9.56. The van der Waals surface area contributed by atoms with E-state index < -0.39 is 5.60 Å². The Balaban J connectivity index is 1.77. The average Bonchev–Trinajstić information content (AvgIpc) is 2.84. The second-order valence-electron chi connectivity index (χ2n) is 13.1. The third kappa shape index (κ3) is 7.35. The molecule has 4 rings (SSSR count). The molecule has 0 saturated carbocycles. The van der Waals surface area contributed by atoms with Crippen LogP contribution in [0, 0.1) is 26.7 Å². The number of amides is 1. The lowest BCUT2D eigenvalue weighted by Crippen LogP contribution is -2.44. The highest BCUT2D eigenvalue weighted by molar-refractivity contribution is 6.30. The molecule has 0 aliphatic carbocycles. The van der Waals surface area contributed by atoms with E-state index in [0.29, 0.717) is 6.54 Å². The van der Waals surface area contributed by atoms with Crippen LogP contribution >= 0.6 is 11.6 Å². The number of aryl methyl sites for hydroxylation is 3. The quantitative estimate of drug-likeness (QED) is 0.356. The Labute approximate surface area is 252 Å². The van der Waals surface area contributed by atoms with E-state index >= 15 is 0 Å². The number of allylic oxidation sites excluding steroid dienone is 2. The molecule has 0 N–H and O–H groups in total. The van der Waals surface area contributed by atoms with Gasteiger partial charge in [0, 0.05) is 59.8 Å². The molecule has 2 aliphatic rings. The molecule has 0 radical (unpaired) electrons. The van der Waals surface area contributed by atoms with Gasteiger partial charge in [0.1, 0.15) is 5.60 Å². The third-order valence-corrected chi connectivity index (χ3v) is 8.57. The third-order valence-electron chi connectivity index (χ3n) is 8.33. The van der Waals surface area contributed by atoms with Crippen LogP contribution < -0.4 is 0 Å². The number of halogens is 1. The largest absolute Gasteiger partial charge is 0.444 e. The van der Waals surface area contributed by atoms with E-state index in [0.717, 1.165) is 36.6 Å². The zero-order chi connectivity index (χ0) is 30.1. The first-order chi connectivity index (χ1) is 19.2. The predicted molar refractivity (Wildman–Crippen MR) is 171 cm³/mol. The molecule has 6 heteroatoms. The molecule has 2 aromatic rings. The fourth-order valence-electron chi connectivity index (χ4n) is 6.03. The van der Waals surface area contributed by atoms with Gasteiger partial charge in [-0.1, -0.05) is 43.7 Å². The van der Waals surface area contributed by atoms with Crippen LogP contribution in [0.3, 0.4) is 0 Å². The van der Waals surface area contributed by atoms with E-state index in [-0.39, 0.29) is 24.0 Å². The van der Waals surface area contributed by atoms with E-state index in [1.165, 1.54) is 45.5 Å². The monoisotopic (exact) mass is 577 g/mol. The molecule has 1 fully saturated rings. The molecule has 2 aliphatic heterocycles. The molecule has 1 aromatic heterocycles. The van der Waals surface area contributed by atoms with Gasteiger partial charge < -0.3 is 14.5 Å². The van der Waals surface area contributed by atoms with Crippen LogP contribution in [-0.2, 0) is 4.74 Å². The second kappa shape index (κ2) is 12.6. The molecule has 1 unspecified atom stereocenters. The Hall–Kier alpha value is -2.79. The molecule has 0 spiro atoms. The van der Waals surface area contributed by atoms with Gasteiger partial charge in [-0.2, -0.15) is 0 Å². The first-order valence-corrected chi connectivity index (χ1v) is 15.5. The number of carbonyl (C=O) groups is 1. The molecule has 0 bridgehead atoms. The molecular formula is C35H48ClN3O2. The lowest BCUT2D eigenvalue weighted by atomic mass is 9.85. The van der Waals surface area contributed by atoms with Gasteiger partial charge in [-0.15, -0.1) is 0 Å². The van der Waals surface area contributed by atoms with Crippen LogP contribution in [0.1, 0.15) is 100 Å². The van der Waals surface area contributed by atoms with E-state index in [4.69, 9.17) is 21.3 Å². The Morgan fingerprint density at radius 1 is 1.15 bits per heavy atom. The first kappa shape index (κ1) is 31.2. The number of hydrogen-bond donors (Lipinski definition) is 0. The Morgan fingerprint density at radius 2 is 1.85 bits per heavy atom. The number of nitrogens with zero attached hydrogens (tertiary/aromatic N) is 3. The lowest BCUT2D eigenvalue weighted by Gasteiger charge is -2.38. The predicted octanol–water partition coefficient (Wildman–Crippen LogP) is 8.95. The minimum Gasteiger partial charge on any atom is -0.444 e. The standard InChI is InChI=1S/C35H48ClN3O2/c1-22-17-28(13-12-26(5)39(21-22)34(40)41-35(7,8)9)32-25(4)20-37-27(6)33(32)31(38-15-10-16-38)18-24(3)30-19-29(36)14-11-23(30)2/h11,14,17-20,22,24,26H,10,12-13,15-16,21H2,1-9H3/b28-17-,31-18+/t22-,24?,26-/m1/s1. The highest BCUT2D eigenvalue weighted by atomic mass is 35.5. The minimum atomic E-state index is -0.510. The zero-order valence-electron chi connectivity index (χ0n) is 26.5. The van der Waals surface area contributed by atoms with Gasteiger partial charge in [-0.05, 0) is 114 Å². The molecule has 1 aromatic carbocycles. The molecule has 41 heavy (non-hydrogen) atoms. The molecule has 3 heterocycles. The number of aromatic nitrogens is 1. The van der Waals surface area contributed by atoms with E-state index in [1.54, 1.807) is 0 Å². The first-order valence-electron chi connectivity index (χ1n) is 15.1. The van der Waals surface area contributed by atoms with E-state index in [1.807, 2.05) is 37.9 Å². The van der Waals surface area contributed by atoms with Crippen LogP contribution in [0.5, 0.6) is 0 Å². The lowest BCUT2D eigenvalue weighted by molar-refractivity contribution is 0.0148. The van der Waals surface area contributed by atoms with Gasteiger partial charge in [-0.3, -0.25) is 4.98 Å². The number of carbonyl (C=O) groups excluding carboxylic acids is 1. The second-order valence-corrected chi connectivity index (χ2v) is 13.6. The van der Waals surface area contributed by atoms with E-state index in [9.17, 15) is 4.79 Å². The number of pyridine rings is 1. The Kier molecular flexibility index (Phi) is 9.58. The van der Waals surface area contributed by atoms with Crippen LogP contribution in [0.15, 0.2) is 36.5 Å². The van der Waals surface area contributed by atoms with Crippen LogP contribution in [-0.4, -0.2) is 52.2 Å². The number of hydrogen-bond acceptors (Lipinski definition) is 4. The maximum atomic E-state index is 13.1. The summed E-state index contributed by atoms with van der Waals surface area (Å²) >= 11 is 6.42. The van der Waals surface area contributed by atoms with Crippen molar-refractivity contribution in [2.45, 2.75) is 99.1 Å². The highest BCUT2D eigenvalue weighted by Gasteiger charge is 2.31. The normalized spacial score (nSPS) is 22.3. The summed E-state index contributed by atoms with van der Waals surface area (Å²) in [5.41, 5.74) is 9.41. The zero-order valence-corrected chi connectivity index (χ0v) is 27.2. The summed E-state index contributed by atoms with van der Waals surface area (Å²) in [7, 11) is 0. The topological polar surface area (TPSA) is 45.7 Å². The summed E-state index contributed by atoms with van der Waals surface area (Å²) in [5, 5.41) is 0.772. The molecule has 3 atom stereocenters. The van der Waals surface area contributed by atoms with Gasteiger partial charge in [0.2, 0.25) is 0 Å². The summed E-state index contributed by atoms with van der Waals surface area (Å²) in [5.74, 6) is 0.384. The van der Waals surface area contributed by atoms with Crippen molar-refractivity contribution in [3.05, 3.63) is 75.1 Å². The number of ether oxygens (including phenoxy) is 1. The summed E-state index contributed by atoms with van der Waals surface area (Å²) in [6, 6.07) is 6.26. The maximum absolute atomic E-state index is 13.1. The van der Waals surface area contributed by atoms with Crippen molar-refractivity contribution in [2.24, 2.45) is 5.92 Å². The van der Waals surface area contributed by atoms with Crippen molar-refractivity contribution in [1.29, 1.82) is 0 Å². The molecular weight excluding hydrogens is 530 g/mol. The summed E-state index contributed by atoms with van der Waals surface area (Å²) < 4.78 is 5.76. The minimum absolute atomic E-state index is 0.0823. The van der Waals surface area contributed by atoms with Gasteiger partial charge in [-0.25, -0.2) is 4.79 Å². The fourth-order valence-corrected chi connectivity index (χ4v) is 6.21. The van der Waals surface area contributed by atoms with Crippen molar-refractivity contribution in [2.75, 3.05) is 19.6 Å². The van der Waals surface area contributed by atoms with E-state index in [2.05, 4.69) is 70.7 Å². The Bertz CT molecular complexity index is 1340. The molecule has 1 amide bonds. The van der Waals surface area contributed by atoms with Gasteiger partial charge in [0.25, 0.3) is 0 Å².